The Labute approximate surface area is 168 Å². The van der Waals surface area contributed by atoms with Crippen LogP contribution in [0.5, 0.6) is 0 Å². The second kappa shape index (κ2) is 15.8. The van der Waals surface area contributed by atoms with Gasteiger partial charge in [-0.2, -0.15) is 0 Å². The topological polar surface area (TPSA) is 64.6 Å². The summed E-state index contributed by atoms with van der Waals surface area (Å²) in [5.74, 6) is 0. The molecule has 0 N–H and O–H groups in total. The van der Waals surface area contributed by atoms with Gasteiger partial charge in [-0.05, 0) is 12.5 Å². The van der Waals surface area contributed by atoms with Gasteiger partial charge in [-0.25, -0.2) is 0 Å². The molecule has 1 unspecified atom stereocenters. The van der Waals surface area contributed by atoms with Gasteiger partial charge in [0.2, 0.25) is 0 Å². The molecular formula is C21H34O7. The van der Waals surface area contributed by atoms with Crippen LogP contribution in [0.3, 0.4) is 0 Å². The van der Waals surface area contributed by atoms with Crippen LogP contribution in [0, 0.1) is 6.92 Å². The molecular weight excluding hydrogens is 364 g/mol. The number of benzene rings is 1. The summed E-state index contributed by atoms with van der Waals surface area (Å²) >= 11 is 0. The van der Waals surface area contributed by atoms with Gasteiger partial charge in [0.15, 0.2) is 0 Å². The van der Waals surface area contributed by atoms with Crippen LogP contribution in [0.4, 0.5) is 0 Å². The molecule has 160 valence electrons. The van der Waals surface area contributed by atoms with E-state index in [4.69, 9.17) is 33.2 Å². The van der Waals surface area contributed by atoms with Crippen LogP contribution < -0.4 is 0 Å². The maximum Gasteiger partial charge on any atom is 0.104 e. The minimum absolute atomic E-state index is 0.146. The van der Waals surface area contributed by atoms with Gasteiger partial charge in [-0.3, -0.25) is 0 Å². The second-order valence-electron chi connectivity index (χ2n) is 6.52. The van der Waals surface area contributed by atoms with Crippen LogP contribution in [0.1, 0.15) is 11.1 Å². The van der Waals surface area contributed by atoms with Crippen molar-refractivity contribution >= 4 is 0 Å². The summed E-state index contributed by atoms with van der Waals surface area (Å²) < 4.78 is 39.2. The molecule has 2 rings (SSSR count). The Morgan fingerprint density at radius 2 is 1.21 bits per heavy atom. The third-order valence-corrected chi connectivity index (χ3v) is 4.07. The Bertz CT molecular complexity index is 462. The minimum atomic E-state index is -0.146. The molecule has 0 aromatic heterocycles. The standard InChI is InChI=1S/C21H34O7/c1-19-2-4-20(5-3-19)16-27-18-21-17-26-13-12-24-9-8-22-6-7-23-10-11-25-14-15-28-21/h2-5,21H,6-18H2,1H3. The highest BCUT2D eigenvalue weighted by Crippen LogP contribution is 2.06. The maximum absolute atomic E-state index is 5.87. The fraction of sp³-hybridized carbons (Fsp3) is 0.714. The lowest BCUT2D eigenvalue weighted by atomic mass is 10.2. The number of hydrogen-bond donors (Lipinski definition) is 0. The lowest BCUT2D eigenvalue weighted by Crippen LogP contribution is -2.28. The molecule has 1 aromatic carbocycles. The summed E-state index contributed by atoms with van der Waals surface area (Å²) in [6.45, 7) is 8.89. The normalized spacial score (nSPS) is 22.2. The lowest BCUT2D eigenvalue weighted by molar-refractivity contribution is -0.0865. The lowest BCUT2D eigenvalue weighted by Gasteiger charge is -2.19. The van der Waals surface area contributed by atoms with Crippen molar-refractivity contribution in [2.75, 3.05) is 79.3 Å². The average molecular weight is 398 g/mol. The van der Waals surface area contributed by atoms with E-state index in [-0.39, 0.29) is 6.10 Å². The molecule has 1 heterocycles. The van der Waals surface area contributed by atoms with Crippen molar-refractivity contribution in [1.29, 1.82) is 0 Å². The zero-order valence-corrected chi connectivity index (χ0v) is 16.9. The molecule has 1 fully saturated rings. The predicted molar refractivity (Wildman–Crippen MR) is 105 cm³/mol. The first-order valence-electron chi connectivity index (χ1n) is 9.98. The third-order valence-electron chi connectivity index (χ3n) is 4.07. The van der Waals surface area contributed by atoms with Crippen LogP contribution in [0.25, 0.3) is 0 Å². The first-order valence-corrected chi connectivity index (χ1v) is 9.98. The number of ether oxygens (including phenoxy) is 7. The van der Waals surface area contributed by atoms with E-state index in [2.05, 4.69) is 31.2 Å². The zero-order chi connectivity index (χ0) is 19.7. The highest BCUT2D eigenvalue weighted by atomic mass is 16.6. The molecule has 1 aliphatic rings. The molecule has 0 amide bonds. The zero-order valence-electron chi connectivity index (χ0n) is 16.9. The van der Waals surface area contributed by atoms with Gasteiger partial charge in [-0.15, -0.1) is 0 Å². The molecule has 0 aliphatic carbocycles. The molecule has 0 bridgehead atoms. The molecule has 1 aromatic rings. The molecule has 7 nitrogen and oxygen atoms in total. The molecule has 0 radical (unpaired) electrons. The van der Waals surface area contributed by atoms with Crippen LogP contribution >= 0.6 is 0 Å². The van der Waals surface area contributed by atoms with E-state index >= 15 is 0 Å². The second-order valence-corrected chi connectivity index (χ2v) is 6.52. The Hall–Kier alpha value is -1.06. The van der Waals surface area contributed by atoms with Gasteiger partial charge in [0.05, 0.1) is 85.9 Å². The average Bonchev–Trinajstić information content (AvgIpc) is 2.70. The summed E-state index contributed by atoms with van der Waals surface area (Å²) in [6, 6.07) is 8.32. The molecule has 7 heteroatoms. The highest BCUT2D eigenvalue weighted by Gasteiger charge is 2.10. The van der Waals surface area contributed by atoms with Crippen LogP contribution in [-0.4, -0.2) is 85.4 Å². The first-order chi connectivity index (χ1) is 13.8. The van der Waals surface area contributed by atoms with Crippen molar-refractivity contribution in [3.8, 4) is 0 Å². The van der Waals surface area contributed by atoms with Gasteiger partial charge in [0, 0.05) is 0 Å². The van der Waals surface area contributed by atoms with Crippen molar-refractivity contribution in [3.63, 3.8) is 0 Å². The largest absolute Gasteiger partial charge is 0.377 e. The van der Waals surface area contributed by atoms with Gasteiger partial charge in [0.25, 0.3) is 0 Å². The van der Waals surface area contributed by atoms with Crippen LogP contribution in [-0.2, 0) is 39.8 Å². The Morgan fingerprint density at radius 3 is 1.79 bits per heavy atom. The van der Waals surface area contributed by atoms with Gasteiger partial charge < -0.3 is 33.2 Å². The van der Waals surface area contributed by atoms with Crippen molar-refractivity contribution in [1.82, 2.24) is 0 Å². The number of rotatable bonds is 4. The fourth-order valence-corrected chi connectivity index (χ4v) is 2.51. The summed E-state index contributed by atoms with van der Waals surface area (Å²) in [4.78, 5) is 0. The summed E-state index contributed by atoms with van der Waals surface area (Å²) in [7, 11) is 0. The molecule has 1 saturated heterocycles. The number of aryl methyl sites for hydroxylation is 1. The van der Waals surface area contributed by atoms with E-state index in [1.54, 1.807) is 0 Å². The van der Waals surface area contributed by atoms with Gasteiger partial charge in [-0.1, -0.05) is 29.8 Å². The van der Waals surface area contributed by atoms with Crippen molar-refractivity contribution in [2.45, 2.75) is 19.6 Å². The van der Waals surface area contributed by atoms with E-state index in [0.717, 1.165) is 5.56 Å². The van der Waals surface area contributed by atoms with Crippen LogP contribution in [0.2, 0.25) is 0 Å². The van der Waals surface area contributed by atoms with Gasteiger partial charge in [0.1, 0.15) is 6.10 Å². The van der Waals surface area contributed by atoms with Gasteiger partial charge >= 0.3 is 0 Å². The third kappa shape index (κ3) is 11.7. The molecule has 0 saturated carbocycles. The van der Waals surface area contributed by atoms with E-state index in [1.807, 2.05) is 0 Å². The SMILES string of the molecule is Cc1ccc(COCC2COCCOCCOCCOCCOCCO2)cc1. The maximum atomic E-state index is 5.87. The Balaban J connectivity index is 1.68. The van der Waals surface area contributed by atoms with Crippen LogP contribution in [0.15, 0.2) is 24.3 Å². The quantitative estimate of drug-likeness (QED) is 0.769. The van der Waals surface area contributed by atoms with E-state index in [0.29, 0.717) is 85.9 Å². The smallest absolute Gasteiger partial charge is 0.104 e. The van der Waals surface area contributed by atoms with E-state index in [1.165, 1.54) is 5.56 Å². The molecule has 28 heavy (non-hydrogen) atoms. The summed E-state index contributed by atoms with van der Waals surface area (Å²) in [5.41, 5.74) is 2.38. The predicted octanol–water partition coefficient (Wildman–Crippen LogP) is 1.99. The minimum Gasteiger partial charge on any atom is -0.377 e. The first kappa shape index (κ1) is 23.2. The summed E-state index contributed by atoms with van der Waals surface area (Å²) in [5, 5.41) is 0. The van der Waals surface area contributed by atoms with Crippen molar-refractivity contribution in [3.05, 3.63) is 35.4 Å². The van der Waals surface area contributed by atoms with Crippen molar-refractivity contribution in [2.24, 2.45) is 0 Å². The molecule has 1 aliphatic heterocycles. The van der Waals surface area contributed by atoms with E-state index in [9.17, 15) is 0 Å². The monoisotopic (exact) mass is 398 g/mol. The van der Waals surface area contributed by atoms with Crippen molar-refractivity contribution < 1.29 is 33.2 Å². The fourth-order valence-electron chi connectivity index (χ4n) is 2.51. The summed E-state index contributed by atoms with van der Waals surface area (Å²) in [6.07, 6.45) is -0.146. The molecule has 0 spiro atoms. The number of hydrogen-bond acceptors (Lipinski definition) is 7. The highest BCUT2D eigenvalue weighted by molar-refractivity contribution is 5.20. The molecule has 1 atom stereocenters. The Morgan fingerprint density at radius 1 is 0.714 bits per heavy atom. The van der Waals surface area contributed by atoms with E-state index < -0.39 is 0 Å². The Kier molecular flexibility index (Phi) is 13.1.